The van der Waals surface area contributed by atoms with Crippen LogP contribution in [0.2, 0.25) is 0 Å². The number of thiol groups is 1. The van der Waals surface area contributed by atoms with Gasteiger partial charge in [-0.05, 0) is 12.8 Å². The molecule has 0 unspecified atom stereocenters. The van der Waals surface area contributed by atoms with E-state index in [1.165, 1.54) is 0 Å². The maximum absolute atomic E-state index is 9.80. The molecule has 1 saturated carbocycles. The van der Waals surface area contributed by atoms with Crippen LogP contribution in [0, 0.1) is 0 Å². The van der Waals surface area contributed by atoms with Gasteiger partial charge in [-0.25, -0.2) is 8.42 Å². The summed E-state index contributed by atoms with van der Waals surface area (Å²) in [6.07, 6.45) is 1.80. The van der Waals surface area contributed by atoms with Gasteiger partial charge in [0.15, 0.2) is 0 Å². The molecule has 0 saturated heterocycles. The molecule has 0 N–H and O–H groups in total. The Morgan fingerprint density at radius 3 is 1.83 bits per heavy atom. The maximum atomic E-state index is 9.80. The fourth-order valence-corrected chi connectivity index (χ4v) is 0.856. The van der Waals surface area contributed by atoms with Crippen LogP contribution in [0.5, 0.6) is 0 Å². The summed E-state index contributed by atoms with van der Waals surface area (Å²) in [5.41, 5.74) is 0. The summed E-state index contributed by atoms with van der Waals surface area (Å²) in [6, 6.07) is 0. The third kappa shape index (κ3) is 0.712. The molecule has 6 heavy (non-hydrogen) atoms. The lowest BCUT2D eigenvalue weighted by atomic mass is 11.0. The van der Waals surface area contributed by atoms with Crippen LogP contribution >= 0.6 is 0 Å². The zero-order chi connectivity index (χ0) is 4.57. The van der Waals surface area contributed by atoms with Crippen LogP contribution in [0.4, 0.5) is 0 Å². The highest BCUT2D eigenvalue weighted by molar-refractivity contribution is 7.73. The molecule has 0 heterocycles. The maximum Gasteiger partial charge on any atom is 0.143 e. The summed E-state index contributed by atoms with van der Waals surface area (Å²) in [4.78, 5) is 0. The van der Waals surface area contributed by atoms with Crippen LogP contribution in [0.25, 0.3) is 0 Å². The SMILES string of the molecule is O=[SH](=O)C1CC1. The molecule has 0 spiro atoms. The van der Waals surface area contributed by atoms with E-state index in [1.807, 2.05) is 0 Å². The van der Waals surface area contributed by atoms with E-state index in [9.17, 15) is 8.42 Å². The van der Waals surface area contributed by atoms with E-state index < -0.39 is 10.7 Å². The zero-order valence-corrected chi connectivity index (χ0v) is 4.15. The van der Waals surface area contributed by atoms with Crippen LogP contribution in [0.15, 0.2) is 0 Å². The van der Waals surface area contributed by atoms with E-state index in [1.54, 1.807) is 0 Å². The summed E-state index contributed by atoms with van der Waals surface area (Å²) in [7, 11) is -2.05. The second-order valence-electron chi connectivity index (χ2n) is 1.52. The van der Waals surface area contributed by atoms with Crippen LogP contribution in [0.3, 0.4) is 0 Å². The van der Waals surface area contributed by atoms with Crippen molar-refractivity contribution in [1.29, 1.82) is 0 Å². The van der Waals surface area contributed by atoms with Gasteiger partial charge in [0, 0.05) is 0 Å². The third-order valence-corrected chi connectivity index (χ3v) is 1.96. The van der Waals surface area contributed by atoms with E-state index >= 15 is 0 Å². The van der Waals surface area contributed by atoms with E-state index in [2.05, 4.69) is 0 Å². The van der Waals surface area contributed by atoms with E-state index in [-0.39, 0.29) is 5.25 Å². The minimum atomic E-state index is -2.05. The van der Waals surface area contributed by atoms with E-state index in [0.717, 1.165) is 12.8 Å². The lowest BCUT2D eigenvalue weighted by molar-refractivity contribution is 0.613. The Kier molecular flexibility index (Phi) is 0.839. The Balaban J connectivity index is 2.52. The van der Waals surface area contributed by atoms with Crippen LogP contribution in [-0.4, -0.2) is 13.7 Å². The summed E-state index contributed by atoms with van der Waals surface area (Å²) in [5, 5.41) is 0.0556. The quantitative estimate of drug-likeness (QED) is 0.468. The molecule has 0 atom stereocenters. The lowest BCUT2D eigenvalue weighted by Gasteiger charge is -1.64. The molecule has 0 radical (unpaired) electrons. The minimum absolute atomic E-state index is 0.0556. The molecule has 36 valence electrons. The second kappa shape index (κ2) is 1.22. The molecule has 3 heteroatoms. The molecular weight excluding hydrogens is 100 g/mol. The van der Waals surface area contributed by atoms with E-state index in [0.29, 0.717) is 0 Å². The van der Waals surface area contributed by atoms with Crippen molar-refractivity contribution < 1.29 is 8.42 Å². The summed E-state index contributed by atoms with van der Waals surface area (Å²) in [6.45, 7) is 0. The normalized spacial score (nSPS) is 22.2. The molecule has 1 rings (SSSR count). The molecule has 0 aromatic heterocycles. The Morgan fingerprint density at radius 2 is 1.83 bits per heavy atom. The molecule has 1 aliphatic carbocycles. The van der Waals surface area contributed by atoms with Gasteiger partial charge in [-0.2, -0.15) is 0 Å². The van der Waals surface area contributed by atoms with Gasteiger partial charge in [0.1, 0.15) is 10.7 Å². The molecular formula is C3H6O2S. The highest BCUT2D eigenvalue weighted by Crippen LogP contribution is 2.21. The van der Waals surface area contributed by atoms with Crippen molar-refractivity contribution >= 4 is 10.7 Å². The first kappa shape index (κ1) is 4.12. The topological polar surface area (TPSA) is 34.1 Å². The average Bonchev–Trinajstić information content (AvgIpc) is 2.06. The van der Waals surface area contributed by atoms with Gasteiger partial charge in [-0.3, -0.25) is 0 Å². The molecule has 1 aliphatic rings. The smallest absolute Gasteiger partial charge is 0.143 e. The number of hydrogen-bond acceptors (Lipinski definition) is 2. The van der Waals surface area contributed by atoms with Crippen molar-refractivity contribution in [2.75, 3.05) is 0 Å². The fraction of sp³-hybridized carbons (Fsp3) is 1.00. The highest BCUT2D eigenvalue weighted by atomic mass is 32.2. The summed E-state index contributed by atoms with van der Waals surface area (Å²) < 4.78 is 19.6. The first-order valence-corrected chi connectivity index (χ1v) is 3.19. The molecule has 2 nitrogen and oxygen atoms in total. The minimum Gasteiger partial charge on any atom is -0.232 e. The molecule has 0 bridgehead atoms. The molecule has 0 aliphatic heterocycles. The third-order valence-electron chi connectivity index (χ3n) is 0.845. The van der Waals surface area contributed by atoms with Crippen LogP contribution in [-0.2, 0) is 10.7 Å². The Labute approximate surface area is 38.1 Å². The molecule has 0 aromatic rings. The Morgan fingerprint density at radius 1 is 1.33 bits per heavy atom. The van der Waals surface area contributed by atoms with Crippen molar-refractivity contribution in [2.24, 2.45) is 0 Å². The first-order valence-electron chi connectivity index (χ1n) is 1.94. The fourth-order valence-electron chi connectivity index (χ4n) is 0.285. The van der Waals surface area contributed by atoms with Crippen molar-refractivity contribution in [2.45, 2.75) is 18.1 Å². The van der Waals surface area contributed by atoms with Crippen molar-refractivity contribution in [1.82, 2.24) is 0 Å². The monoisotopic (exact) mass is 106 g/mol. The van der Waals surface area contributed by atoms with Gasteiger partial charge >= 0.3 is 0 Å². The van der Waals surface area contributed by atoms with Gasteiger partial charge in [0.05, 0.1) is 5.25 Å². The Bertz CT molecular complexity index is 104. The second-order valence-corrected chi connectivity index (χ2v) is 2.82. The average molecular weight is 106 g/mol. The molecule has 1 fully saturated rings. The van der Waals surface area contributed by atoms with Crippen molar-refractivity contribution in [3.05, 3.63) is 0 Å². The highest BCUT2D eigenvalue weighted by Gasteiger charge is 2.23. The molecule has 0 amide bonds. The predicted molar refractivity (Wildman–Crippen MR) is 23.3 cm³/mol. The zero-order valence-electron chi connectivity index (χ0n) is 3.26. The van der Waals surface area contributed by atoms with Gasteiger partial charge in [-0.1, -0.05) is 0 Å². The molecule has 0 aromatic carbocycles. The van der Waals surface area contributed by atoms with Gasteiger partial charge in [0.25, 0.3) is 0 Å². The van der Waals surface area contributed by atoms with Crippen molar-refractivity contribution in [3.8, 4) is 0 Å². The summed E-state index contributed by atoms with van der Waals surface area (Å²) >= 11 is 0. The van der Waals surface area contributed by atoms with Crippen LogP contribution < -0.4 is 0 Å². The van der Waals surface area contributed by atoms with Gasteiger partial charge in [0.2, 0.25) is 0 Å². The Hall–Kier alpha value is -0.0500. The van der Waals surface area contributed by atoms with Gasteiger partial charge in [-0.15, -0.1) is 0 Å². The number of rotatable bonds is 1. The largest absolute Gasteiger partial charge is 0.232 e. The van der Waals surface area contributed by atoms with Crippen molar-refractivity contribution in [3.63, 3.8) is 0 Å². The van der Waals surface area contributed by atoms with E-state index in [4.69, 9.17) is 0 Å². The van der Waals surface area contributed by atoms with Crippen LogP contribution in [0.1, 0.15) is 12.8 Å². The standard InChI is InChI=1S/C3H6O2S/c4-6(5)3-1-2-3/h3,6H,1-2H2. The number of hydrogen-bond donors (Lipinski definition) is 1. The lowest BCUT2D eigenvalue weighted by Crippen LogP contribution is -1.79. The predicted octanol–water partition coefficient (Wildman–Crippen LogP) is -0.240. The first-order chi connectivity index (χ1) is 2.80. The summed E-state index contributed by atoms with van der Waals surface area (Å²) in [5.74, 6) is 0. The van der Waals surface area contributed by atoms with Gasteiger partial charge < -0.3 is 0 Å².